The molecule has 2 aromatic rings. The van der Waals surface area contributed by atoms with E-state index in [0.717, 1.165) is 35.8 Å². The molecular formula is C16H18N2OS. The van der Waals surface area contributed by atoms with Gasteiger partial charge in [0.2, 0.25) is 5.88 Å². The van der Waals surface area contributed by atoms with Crippen LogP contribution < -0.4 is 10.1 Å². The fraction of sp³-hybridized carbons (Fsp3) is 0.250. The summed E-state index contributed by atoms with van der Waals surface area (Å²) in [5.74, 6) is 4.82. The van der Waals surface area contributed by atoms with Gasteiger partial charge in [0, 0.05) is 29.1 Å². The SMILES string of the molecule is C=S(C)c1ccc(-c2ccc3c(n2)OCCNC3)cc1. The maximum Gasteiger partial charge on any atom is 0.218 e. The Morgan fingerprint density at radius 1 is 1.20 bits per heavy atom. The van der Waals surface area contributed by atoms with Crippen LogP contribution in [0.25, 0.3) is 11.3 Å². The lowest BCUT2D eigenvalue weighted by atomic mass is 10.1. The highest BCUT2D eigenvalue weighted by atomic mass is 32.2. The summed E-state index contributed by atoms with van der Waals surface area (Å²) in [5.41, 5.74) is 3.19. The molecule has 1 aromatic heterocycles. The average Bonchev–Trinajstić information content (AvgIpc) is 2.71. The minimum Gasteiger partial charge on any atom is -0.476 e. The van der Waals surface area contributed by atoms with Gasteiger partial charge in [0.15, 0.2) is 0 Å². The molecule has 4 heteroatoms. The normalized spacial score (nSPS) is 15.8. The number of aromatic nitrogens is 1. The molecule has 0 saturated carbocycles. The van der Waals surface area contributed by atoms with Crippen LogP contribution in [0.2, 0.25) is 0 Å². The third-order valence-corrected chi connectivity index (χ3v) is 4.40. The van der Waals surface area contributed by atoms with Crippen LogP contribution in [-0.2, 0) is 6.54 Å². The summed E-state index contributed by atoms with van der Waals surface area (Å²) >= 11 is 0. The van der Waals surface area contributed by atoms with Gasteiger partial charge in [-0.25, -0.2) is 4.98 Å². The van der Waals surface area contributed by atoms with E-state index in [9.17, 15) is 0 Å². The largest absolute Gasteiger partial charge is 0.476 e. The lowest BCUT2D eigenvalue weighted by molar-refractivity contribution is 0.314. The molecule has 20 heavy (non-hydrogen) atoms. The van der Waals surface area contributed by atoms with Crippen LogP contribution in [0.1, 0.15) is 5.56 Å². The summed E-state index contributed by atoms with van der Waals surface area (Å²) in [6.07, 6.45) is 2.12. The van der Waals surface area contributed by atoms with Gasteiger partial charge >= 0.3 is 0 Å². The summed E-state index contributed by atoms with van der Waals surface area (Å²) in [6, 6.07) is 12.6. The van der Waals surface area contributed by atoms with E-state index >= 15 is 0 Å². The number of fused-ring (bicyclic) bond motifs is 1. The second-order valence-corrected chi connectivity index (χ2v) is 6.59. The first-order chi connectivity index (χ1) is 9.74. The van der Waals surface area contributed by atoms with E-state index in [2.05, 4.69) is 58.8 Å². The van der Waals surface area contributed by atoms with Crippen molar-refractivity contribution < 1.29 is 4.74 Å². The van der Waals surface area contributed by atoms with Crippen molar-refractivity contribution in [2.45, 2.75) is 11.4 Å². The fourth-order valence-corrected chi connectivity index (χ4v) is 2.79. The molecule has 1 atom stereocenters. The second-order valence-electron chi connectivity index (χ2n) is 4.85. The molecule has 1 N–H and O–H groups in total. The number of pyridine rings is 1. The van der Waals surface area contributed by atoms with E-state index in [4.69, 9.17) is 4.74 Å². The summed E-state index contributed by atoms with van der Waals surface area (Å²) in [6.45, 7) is 2.35. The number of rotatable bonds is 2. The summed E-state index contributed by atoms with van der Waals surface area (Å²) in [5, 5.41) is 3.31. The summed E-state index contributed by atoms with van der Waals surface area (Å²) < 4.78 is 5.69. The molecule has 0 radical (unpaired) electrons. The van der Waals surface area contributed by atoms with Gasteiger partial charge in [-0.05, 0) is 24.5 Å². The first-order valence-corrected chi connectivity index (χ1v) is 8.44. The van der Waals surface area contributed by atoms with Gasteiger partial charge in [-0.1, -0.05) is 24.1 Å². The van der Waals surface area contributed by atoms with E-state index in [1.54, 1.807) is 0 Å². The number of hydrogen-bond acceptors (Lipinski definition) is 3. The molecule has 0 saturated heterocycles. The van der Waals surface area contributed by atoms with Crippen LogP contribution in [0.5, 0.6) is 5.88 Å². The topological polar surface area (TPSA) is 34.1 Å². The molecule has 0 aliphatic carbocycles. The van der Waals surface area contributed by atoms with Crippen molar-refractivity contribution in [3.05, 3.63) is 42.0 Å². The Labute approximate surface area is 121 Å². The molecule has 2 heterocycles. The van der Waals surface area contributed by atoms with Crippen molar-refractivity contribution in [1.82, 2.24) is 10.3 Å². The molecule has 1 aromatic carbocycles. The molecule has 0 bridgehead atoms. The van der Waals surface area contributed by atoms with Crippen LogP contribution >= 0.6 is 10.5 Å². The molecule has 1 aliphatic heterocycles. The first-order valence-electron chi connectivity index (χ1n) is 6.63. The van der Waals surface area contributed by atoms with Gasteiger partial charge in [0.1, 0.15) is 6.61 Å². The molecule has 0 fully saturated rings. The number of benzene rings is 1. The van der Waals surface area contributed by atoms with Gasteiger partial charge in [0.05, 0.1) is 5.69 Å². The van der Waals surface area contributed by atoms with E-state index in [1.165, 1.54) is 4.90 Å². The Morgan fingerprint density at radius 3 is 2.75 bits per heavy atom. The Balaban J connectivity index is 1.94. The van der Waals surface area contributed by atoms with E-state index in [0.29, 0.717) is 6.61 Å². The minimum atomic E-state index is 0.0488. The van der Waals surface area contributed by atoms with Crippen molar-refractivity contribution in [3.63, 3.8) is 0 Å². The van der Waals surface area contributed by atoms with Crippen molar-refractivity contribution in [2.75, 3.05) is 19.4 Å². The zero-order valence-corrected chi connectivity index (χ0v) is 12.4. The molecule has 0 amide bonds. The third kappa shape index (κ3) is 2.76. The molecule has 1 aliphatic rings. The monoisotopic (exact) mass is 286 g/mol. The lowest BCUT2D eigenvalue weighted by Gasteiger charge is -2.09. The minimum absolute atomic E-state index is 0.0488. The quantitative estimate of drug-likeness (QED) is 0.862. The van der Waals surface area contributed by atoms with E-state index in [1.807, 2.05) is 0 Å². The summed E-state index contributed by atoms with van der Waals surface area (Å²) in [4.78, 5) is 5.91. The van der Waals surface area contributed by atoms with Gasteiger partial charge in [0.25, 0.3) is 0 Å². The van der Waals surface area contributed by atoms with Crippen LogP contribution in [0, 0.1) is 0 Å². The molecule has 1 unspecified atom stereocenters. The van der Waals surface area contributed by atoms with Crippen molar-refractivity contribution in [1.29, 1.82) is 0 Å². The van der Waals surface area contributed by atoms with Gasteiger partial charge in [-0.2, -0.15) is 10.5 Å². The molecule has 0 spiro atoms. The maximum absolute atomic E-state index is 5.69. The molecule has 3 nitrogen and oxygen atoms in total. The van der Waals surface area contributed by atoms with Crippen LogP contribution in [0.3, 0.4) is 0 Å². The smallest absolute Gasteiger partial charge is 0.218 e. The highest BCUT2D eigenvalue weighted by molar-refractivity contribution is 8.13. The Hall–Kier alpha value is -1.65. The van der Waals surface area contributed by atoms with Crippen molar-refractivity contribution in [3.8, 4) is 17.1 Å². The van der Waals surface area contributed by atoms with Crippen LogP contribution in [-0.4, -0.2) is 30.3 Å². The molecule has 104 valence electrons. The van der Waals surface area contributed by atoms with E-state index in [-0.39, 0.29) is 10.5 Å². The lowest BCUT2D eigenvalue weighted by Crippen LogP contribution is -2.16. The zero-order valence-electron chi connectivity index (χ0n) is 11.6. The van der Waals surface area contributed by atoms with Gasteiger partial charge in [-0.15, -0.1) is 0 Å². The standard InChI is InChI=1S/C16H18N2OS/c1-20(2)14-6-3-12(4-7-14)15-8-5-13-11-17-9-10-19-16(13)18-15/h3-8,17H,1,9-11H2,2H3. The molecule has 3 rings (SSSR count). The van der Waals surface area contributed by atoms with Crippen molar-refractivity contribution in [2.24, 2.45) is 0 Å². The number of nitrogens with one attached hydrogen (secondary N) is 1. The summed E-state index contributed by atoms with van der Waals surface area (Å²) in [7, 11) is 0.0488. The second kappa shape index (κ2) is 5.77. The number of nitrogens with zero attached hydrogens (tertiary/aromatic N) is 1. The maximum atomic E-state index is 5.69. The first kappa shape index (κ1) is 13.3. The van der Waals surface area contributed by atoms with Crippen LogP contribution in [0.4, 0.5) is 0 Å². The third-order valence-electron chi connectivity index (χ3n) is 3.32. The Bertz CT molecular complexity index is 637. The predicted molar refractivity (Wildman–Crippen MR) is 85.8 cm³/mol. The molecular weight excluding hydrogens is 268 g/mol. The highest BCUT2D eigenvalue weighted by Crippen LogP contribution is 2.27. The van der Waals surface area contributed by atoms with E-state index < -0.39 is 0 Å². The van der Waals surface area contributed by atoms with Crippen molar-refractivity contribution >= 4 is 16.4 Å². The number of ether oxygens (including phenoxy) is 1. The Kier molecular flexibility index (Phi) is 3.85. The number of hydrogen-bond donors (Lipinski definition) is 1. The van der Waals surface area contributed by atoms with Gasteiger partial charge in [-0.3, -0.25) is 0 Å². The van der Waals surface area contributed by atoms with Crippen LogP contribution in [0.15, 0.2) is 41.3 Å². The fourth-order valence-electron chi connectivity index (χ4n) is 2.19. The highest BCUT2D eigenvalue weighted by Gasteiger charge is 2.11. The average molecular weight is 286 g/mol. The predicted octanol–water partition coefficient (Wildman–Crippen LogP) is 2.92. The van der Waals surface area contributed by atoms with Gasteiger partial charge < -0.3 is 10.1 Å². The Morgan fingerprint density at radius 2 is 2.00 bits per heavy atom. The zero-order chi connectivity index (χ0) is 13.9.